The predicted octanol–water partition coefficient (Wildman–Crippen LogP) is 5.10. The highest BCUT2D eigenvalue weighted by Crippen LogP contribution is 2.46. The van der Waals surface area contributed by atoms with Crippen molar-refractivity contribution in [2.24, 2.45) is 0 Å². The molecule has 2 fully saturated rings. The van der Waals surface area contributed by atoms with E-state index in [-0.39, 0.29) is 30.6 Å². The molecule has 0 spiro atoms. The number of carbonyl (C=O) groups is 1. The summed E-state index contributed by atoms with van der Waals surface area (Å²) in [5, 5.41) is 2.74. The fourth-order valence-electron chi connectivity index (χ4n) is 4.69. The largest absolute Gasteiger partial charge is 0.418 e. The number of urea groups is 1. The third-order valence-electron chi connectivity index (χ3n) is 6.45. The average molecular weight is 483 g/mol. The zero-order valence-corrected chi connectivity index (χ0v) is 18.0. The topological polar surface area (TPSA) is 87.1 Å². The molecule has 1 saturated carbocycles. The molecule has 1 saturated heterocycles. The van der Waals surface area contributed by atoms with Gasteiger partial charge in [0.25, 0.3) is 0 Å². The van der Waals surface area contributed by atoms with Crippen molar-refractivity contribution in [1.82, 2.24) is 19.9 Å². The van der Waals surface area contributed by atoms with Gasteiger partial charge < -0.3 is 4.90 Å². The lowest BCUT2D eigenvalue weighted by molar-refractivity contribution is -0.138. The maximum absolute atomic E-state index is 13.8. The molecule has 11 heteroatoms. The third-order valence-corrected chi connectivity index (χ3v) is 6.45. The SMILES string of the molecule is C.O=C(Nc1cnccn1)N1c2nc(-c3cnc(C4CC4)c(C(F)(F)F)c3)ccc2N2CCC1C2. The van der Waals surface area contributed by atoms with Crippen molar-refractivity contribution in [3.05, 3.63) is 54.2 Å². The molecule has 35 heavy (non-hydrogen) atoms. The highest BCUT2D eigenvalue weighted by Gasteiger charge is 2.42. The minimum atomic E-state index is -4.50. The molecule has 2 aliphatic heterocycles. The standard InChI is InChI=1S/C23H20F3N7O.CH4/c24-23(25,26)16-9-14(10-29-20(16)13-1-2-13)17-3-4-18-21(30-17)33(15-5-8-32(18)12-15)22(34)31-19-11-27-6-7-28-19;/h3-4,6-7,9-11,13,15H,1-2,5,8,12H2,(H,28,31,34);1H4. The minimum absolute atomic E-state index is 0. The lowest BCUT2D eigenvalue weighted by Crippen LogP contribution is -2.48. The van der Waals surface area contributed by atoms with Gasteiger partial charge >= 0.3 is 12.2 Å². The van der Waals surface area contributed by atoms with E-state index in [4.69, 9.17) is 0 Å². The van der Waals surface area contributed by atoms with Gasteiger partial charge in [0.2, 0.25) is 0 Å². The number of aromatic nitrogens is 4. The fraction of sp³-hybridized carbons (Fsp3) is 0.375. The van der Waals surface area contributed by atoms with Gasteiger partial charge in [0, 0.05) is 43.2 Å². The Morgan fingerprint density at radius 2 is 1.91 bits per heavy atom. The van der Waals surface area contributed by atoms with Crippen LogP contribution < -0.4 is 15.1 Å². The van der Waals surface area contributed by atoms with E-state index in [1.54, 1.807) is 11.0 Å². The predicted molar refractivity (Wildman–Crippen MR) is 125 cm³/mol. The van der Waals surface area contributed by atoms with Crippen LogP contribution in [0.4, 0.5) is 35.3 Å². The Kier molecular flexibility index (Phi) is 5.57. The number of hydrogen-bond acceptors (Lipinski definition) is 6. The van der Waals surface area contributed by atoms with Crippen LogP contribution in [-0.4, -0.2) is 45.1 Å². The number of alkyl halides is 3. The summed E-state index contributed by atoms with van der Waals surface area (Å²) in [5.74, 6) is 0.582. The van der Waals surface area contributed by atoms with Crippen molar-refractivity contribution in [2.75, 3.05) is 28.2 Å². The van der Waals surface area contributed by atoms with Crippen LogP contribution in [0.1, 0.15) is 43.9 Å². The first-order valence-corrected chi connectivity index (χ1v) is 11.1. The molecule has 1 atom stereocenters. The molecule has 5 heterocycles. The summed E-state index contributed by atoms with van der Waals surface area (Å²) in [4.78, 5) is 33.8. The van der Waals surface area contributed by atoms with Crippen molar-refractivity contribution in [3.63, 3.8) is 0 Å². The molecule has 2 bridgehead atoms. The summed E-state index contributed by atoms with van der Waals surface area (Å²) in [5.41, 5.74) is 0.752. The molecule has 0 radical (unpaired) electrons. The number of halogens is 3. The number of rotatable bonds is 3. The number of pyridine rings is 2. The first-order chi connectivity index (χ1) is 16.4. The first kappa shape index (κ1) is 23.0. The maximum Gasteiger partial charge on any atom is 0.418 e. The normalized spacial score (nSPS) is 18.7. The van der Waals surface area contributed by atoms with Crippen molar-refractivity contribution >= 4 is 23.4 Å². The van der Waals surface area contributed by atoms with Gasteiger partial charge in [0.1, 0.15) is 0 Å². The summed E-state index contributed by atoms with van der Waals surface area (Å²) in [6, 6.07) is 4.11. The van der Waals surface area contributed by atoms with Gasteiger partial charge in [0.15, 0.2) is 11.6 Å². The van der Waals surface area contributed by atoms with E-state index in [0.29, 0.717) is 23.9 Å². The summed E-state index contributed by atoms with van der Waals surface area (Å²) < 4.78 is 41.3. The zero-order chi connectivity index (χ0) is 23.4. The van der Waals surface area contributed by atoms with E-state index < -0.39 is 17.8 Å². The molecule has 0 aromatic carbocycles. The lowest BCUT2D eigenvalue weighted by Gasteiger charge is -2.35. The third kappa shape index (κ3) is 4.15. The Hall–Kier alpha value is -3.76. The lowest BCUT2D eigenvalue weighted by atomic mass is 10.0. The number of carbonyl (C=O) groups excluding carboxylic acids is 1. The minimum Gasteiger partial charge on any atom is -0.366 e. The van der Waals surface area contributed by atoms with Crippen LogP contribution in [0, 0.1) is 0 Å². The molecule has 2 amide bonds. The van der Waals surface area contributed by atoms with Gasteiger partial charge in [-0.15, -0.1) is 0 Å². The molecular weight excluding hydrogens is 459 g/mol. The van der Waals surface area contributed by atoms with E-state index in [2.05, 4.69) is 30.2 Å². The van der Waals surface area contributed by atoms with Crippen molar-refractivity contribution in [2.45, 2.75) is 44.8 Å². The molecule has 3 aromatic rings. The van der Waals surface area contributed by atoms with Crippen LogP contribution in [0.5, 0.6) is 0 Å². The Balaban J connectivity index is 0.00000253. The number of nitrogens with one attached hydrogen (secondary N) is 1. The average Bonchev–Trinajstić information content (AvgIpc) is 3.59. The summed E-state index contributed by atoms with van der Waals surface area (Å²) in [6.07, 6.45) is 3.58. The maximum atomic E-state index is 13.8. The van der Waals surface area contributed by atoms with Gasteiger partial charge in [-0.05, 0) is 37.5 Å². The van der Waals surface area contributed by atoms with Gasteiger partial charge in [-0.25, -0.2) is 14.8 Å². The molecule has 182 valence electrons. The van der Waals surface area contributed by atoms with E-state index in [1.807, 2.05) is 6.07 Å². The quantitative estimate of drug-likeness (QED) is 0.558. The van der Waals surface area contributed by atoms with Crippen LogP contribution in [0.2, 0.25) is 0 Å². The van der Waals surface area contributed by atoms with Gasteiger partial charge in [-0.2, -0.15) is 13.2 Å². The second-order valence-corrected chi connectivity index (χ2v) is 8.75. The number of anilines is 3. The Morgan fingerprint density at radius 3 is 2.63 bits per heavy atom. The van der Waals surface area contributed by atoms with Crippen molar-refractivity contribution in [1.29, 1.82) is 0 Å². The second kappa shape index (κ2) is 8.47. The summed E-state index contributed by atoms with van der Waals surface area (Å²) in [7, 11) is 0. The van der Waals surface area contributed by atoms with E-state index in [1.165, 1.54) is 24.8 Å². The van der Waals surface area contributed by atoms with Gasteiger partial charge in [-0.3, -0.25) is 20.2 Å². The molecule has 3 aliphatic rings. The molecule has 1 aliphatic carbocycles. The van der Waals surface area contributed by atoms with Crippen LogP contribution in [0.3, 0.4) is 0 Å². The summed E-state index contributed by atoms with van der Waals surface area (Å²) in [6.45, 7) is 1.43. The number of nitrogens with zero attached hydrogens (tertiary/aromatic N) is 6. The number of hydrogen-bond donors (Lipinski definition) is 1. The molecule has 8 nitrogen and oxygen atoms in total. The molecule has 1 unspecified atom stereocenters. The van der Waals surface area contributed by atoms with E-state index in [9.17, 15) is 18.0 Å². The van der Waals surface area contributed by atoms with Crippen molar-refractivity contribution in [3.8, 4) is 11.3 Å². The van der Waals surface area contributed by atoms with E-state index >= 15 is 0 Å². The monoisotopic (exact) mass is 483 g/mol. The number of fused-ring (bicyclic) bond motifs is 4. The zero-order valence-electron chi connectivity index (χ0n) is 18.0. The van der Waals surface area contributed by atoms with Gasteiger partial charge in [0.05, 0.1) is 34.9 Å². The first-order valence-electron chi connectivity index (χ1n) is 11.1. The smallest absolute Gasteiger partial charge is 0.366 e. The Morgan fingerprint density at radius 1 is 1.09 bits per heavy atom. The van der Waals surface area contributed by atoms with Crippen molar-refractivity contribution < 1.29 is 18.0 Å². The molecule has 1 N–H and O–H groups in total. The van der Waals surface area contributed by atoms with Crippen LogP contribution in [0.25, 0.3) is 11.3 Å². The highest BCUT2D eigenvalue weighted by atomic mass is 19.4. The van der Waals surface area contributed by atoms with Gasteiger partial charge in [-0.1, -0.05) is 7.43 Å². The molecule has 6 rings (SSSR count). The van der Waals surface area contributed by atoms with Crippen LogP contribution in [-0.2, 0) is 6.18 Å². The fourth-order valence-corrected chi connectivity index (χ4v) is 4.69. The molecule has 3 aromatic heterocycles. The molecular formula is C24H24F3N7O. The Bertz CT molecular complexity index is 1260. The summed E-state index contributed by atoms with van der Waals surface area (Å²) >= 11 is 0. The van der Waals surface area contributed by atoms with Crippen LogP contribution >= 0.6 is 0 Å². The highest BCUT2D eigenvalue weighted by molar-refractivity contribution is 6.04. The van der Waals surface area contributed by atoms with E-state index in [0.717, 1.165) is 37.6 Å². The Labute approximate surface area is 200 Å². The van der Waals surface area contributed by atoms with Crippen LogP contribution in [0.15, 0.2) is 43.0 Å². The second-order valence-electron chi connectivity index (χ2n) is 8.75. The number of amides is 2.